The molecule has 0 aromatic heterocycles. The molecule has 2 rings (SSSR count). The van der Waals surface area contributed by atoms with E-state index in [0.29, 0.717) is 12.0 Å². The van der Waals surface area contributed by atoms with E-state index in [2.05, 4.69) is 0 Å². The number of halogens is 5. The van der Waals surface area contributed by atoms with Crippen molar-refractivity contribution in [1.82, 2.24) is 0 Å². The molecule has 0 atom stereocenters. The zero-order chi connectivity index (χ0) is 15.5. The van der Waals surface area contributed by atoms with Crippen LogP contribution in [0.4, 0.5) is 8.78 Å². The third-order valence-corrected chi connectivity index (χ3v) is 4.80. The summed E-state index contributed by atoms with van der Waals surface area (Å²) in [4.78, 5) is 0. The average Bonchev–Trinajstić information content (AvgIpc) is 2.49. The molecular weight excluding hydrogens is 337 g/mol. The lowest BCUT2D eigenvalue weighted by Gasteiger charge is -2.31. The predicted octanol–water partition coefficient (Wildman–Crippen LogP) is 5.58. The smallest absolute Gasteiger partial charge is 0.141 e. The summed E-state index contributed by atoms with van der Waals surface area (Å²) in [6.07, 6.45) is 0.376. The topological polar surface area (TPSA) is 0 Å². The second-order valence-electron chi connectivity index (χ2n) is 4.95. The van der Waals surface area contributed by atoms with Gasteiger partial charge in [0.05, 0.1) is 5.02 Å². The molecule has 5 heteroatoms. The minimum Gasteiger partial charge on any atom is -0.207 e. The van der Waals surface area contributed by atoms with Crippen molar-refractivity contribution in [2.45, 2.75) is 11.8 Å². The first-order valence-electron chi connectivity index (χ1n) is 6.33. The lowest BCUT2D eigenvalue weighted by Crippen LogP contribution is -2.34. The van der Waals surface area contributed by atoms with Crippen LogP contribution in [0.15, 0.2) is 42.5 Å². The van der Waals surface area contributed by atoms with Crippen LogP contribution in [-0.2, 0) is 11.8 Å². The first kappa shape index (κ1) is 16.5. The Morgan fingerprint density at radius 1 is 0.905 bits per heavy atom. The maximum absolute atomic E-state index is 14.1. The van der Waals surface area contributed by atoms with Gasteiger partial charge in [0.25, 0.3) is 0 Å². The van der Waals surface area contributed by atoms with E-state index in [0.717, 1.165) is 5.56 Å². The molecule has 0 heterocycles. The SMILES string of the molecule is Fc1ccc(CC(CCl)(CCl)c2ccccc2F)cc1Cl. The summed E-state index contributed by atoms with van der Waals surface area (Å²) in [5.74, 6) is -0.556. The lowest BCUT2D eigenvalue weighted by atomic mass is 9.78. The molecular formula is C16H13Cl3F2. The quantitative estimate of drug-likeness (QED) is 0.618. The van der Waals surface area contributed by atoms with Crippen LogP contribution in [0.5, 0.6) is 0 Å². The Hall–Kier alpha value is -0.830. The monoisotopic (exact) mass is 348 g/mol. The van der Waals surface area contributed by atoms with E-state index in [1.807, 2.05) is 0 Å². The third-order valence-electron chi connectivity index (χ3n) is 3.48. The molecule has 0 radical (unpaired) electrons. The van der Waals surface area contributed by atoms with Crippen LogP contribution in [0.3, 0.4) is 0 Å². The van der Waals surface area contributed by atoms with Gasteiger partial charge in [-0.25, -0.2) is 8.78 Å². The molecule has 0 saturated heterocycles. The Morgan fingerprint density at radius 3 is 2.14 bits per heavy atom. The van der Waals surface area contributed by atoms with Gasteiger partial charge >= 0.3 is 0 Å². The van der Waals surface area contributed by atoms with Crippen molar-refractivity contribution in [3.63, 3.8) is 0 Å². The van der Waals surface area contributed by atoms with E-state index in [-0.39, 0.29) is 22.6 Å². The molecule has 2 aromatic carbocycles. The van der Waals surface area contributed by atoms with Gasteiger partial charge in [0.1, 0.15) is 11.6 Å². The third kappa shape index (κ3) is 3.50. The fraction of sp³-hybridized carbons (Fsp3) is 0.250. The molecule has 112 valence electrons. The van der Waals surface area contributed by atoms with Crippen LogP contribution in [-0.4, -0.2) is 11.8 Å². The highest BCUT2D eigenvalue weighted by molar-refractivity contribution is 6.30. The van der Waals surface area contributed by atoms with Gasteiger partial charge in [-0.05, 0) is 35.7 Å². The molecule has 21 heavy (non-hydrogen) atoms. The summed E-state index contributed by atoms with van der Waals surface area (Å²) >= 11 is 18.0. The van der Waals surface area contributed by atoms with Gasteiger partial charge in [-0.15, -0.1) is 23.2 Å². The van der Waals surface area contributed by atoms with Gasteiger partial charge in [-0.1, -0.05) is 35.9 Å². The van der Waals surface area contributed by atoms with Crippen LogP contribution >= 0.6 is 34.8 Å². The normalized spacial score (nSPS) is 11.7. The van der Waals surface area contributed by atoms with Crippen LogP contribution in [0.25, 0.3) is 0 Å². The first-order valence-corrected chi connectivity index (χ1v) is 7.78. The molecule has 0 aliphatic carbocycles. The zero-order valence-electron chi connectivity index (χ0n) is 11.1. The Morgan fingerprint density at radius 2 is 1.57 bits per heavy atom. The highest BCUT2D eigenvalue weighted by atomic mass is 35.5. The molecule has 0 unspecified atom stereocenters. The lowest BCUT2D eigenvalue weighted by molar-refractivity contribution is 0.490. The minimum atomic E-state index is -0.768. The van der Waals surface area contributed by atoms with Gasteiger partial charge in [-0.2, -0.15) is 0 Å². The highest BCUT2D eigenvalue weighted by Gasteiger charge is 2.33. The van der Waals surface area contributed by atoms with Crippen molar-refractivity contribution in [3.05, 3.63) is 70.2 Å². The Balaban J connectivity index is 2.43. The summed E-state index contributed by atoms with van der Waals surface area (Å²) in [6, 6.07) is 10.8. The molecule has 2 aromatic rings. The number of hydrogen-bond donors (Lipinski definition) is 0. The summed E-state index contributed by atoms with van der Waals surface area (Å²) in [6.45, 7) is 0. The molecule has 0 bridgehead atoms. The zero-order valence-corrected chi connectivity index (χ0v) is 13.3. The summed E-state index contributed by atoms with van der Waals surface area (Å²) < 4.78 is 27.3. The van der Waals surface area contributed by atoms with Crippen molar-refractivity contribution < 1.29 is 8.78 Å². The molecule has 0 aliphatic rings. The average molecular weight is 350 g/mol. The van der Waals surface area contributed by atoms with Crippen LogP contribution in [0.1, 0.15) is 11.1 Å². The van der Waals surface area contributed by atoms with Gasteiger partial charge < -0.3 is 0 Å². The van der Waals surface area contributed by atoms with E-state index in [9.17, 15) is 8.78 Å². The molecule has 0 spiro atoms. The van der Waals surface area contributed by atoms with Gasteiger partial charge in [0, 0.05) is 17.2 Å². The standard InChI is InChI=1S/C16H13Cl3F2/c17-9-16(10-18,12-3-1-2-4-14(12)20)8-11-5-6-15(21)13(19)7-11/h1-7H,8-10H2. The second-order valence-corrected chi connectivity index (χ2v) is 5.89. The number of alkyl halides is 2. The van der Waals surface area contributed by atoms with Crippen molar-refractivity contribution in [2.24, 2.45) is 0 Å². The Bertz CT molecular complexity index is 625. The van der Waals surface area contributed by atoms with E-state index in [4.69, 9.17) is 34.8 Å². The van der Waals surface area contributed by atoms with Crippen molar-refractivity contribution in [1.29, 1.82) is 0 Å². The van der Waals surface area contributed by atoms with E-state index in [1.54, 1.807) is 24.3 Å². The largest absolute Gasteiger partial charge is 0.207 e. The Labute approximate surface area is 137 Å². The minimum absolute atomic E-state index is 0.0269. The van der Waals surface area contributed by atoms with Gasteiger partial charge in [0.15, 0.2) is 0 Å². The highest BCUT2D eigenvalue weighted by Crippen LogP contribution is 2.34. The van der Waals surface area contributed by atoms with Gasteiger partial charge in [0.2, 0.25) is 0 Å². The maximum atomic E-state index is 14.1. The summed E-state index contributed by atoms with van der Waals surface area (Å²) in [5, 5.41) is 0.0269. The molecule has 0 amide bonds. The van der Waals surface area contributed by atoms with Crippen LogP contribution in [0, 0.1) is 11.6 Å². The van der Waals surface area contributed by atoms with E-state index >= 15 is 0 Å². The fourth-order valence-electron chi connectivity index (χ4n) is 2.30. The first-order chi connectivity index (χ1) is 10.0. The number of benzene rings is 2. The Kier molecular flexibility index (Phi) is 5.48. The van der Waals surface area contributed by atoms with Crippen LogP contribution < -0.4 is 0 Å². The fourth-order valence-corrected chi connectivity index (χ4v) is 3.27. The summed E-state index contributed by atoms with van der Waals surface area (Å²) in [5.41, 5.74) is 0.441. The molecule has 0 saturated carbocycles. The van der Waals surface area contributed by atoms with E-state index in [1.165, 1.54) is 18.2 Å². The predicted molar refractivity (Wildman–Crippen MR) is 84.6 cm³/mol. The van der Waals surface area contributed by atoms with Gasteiger partial charge in [-0.3, -0.25) is 0 Å². The second kappa shape index (κ2) is 6.95. The molecule has 0 N–H and O–H groups in total. The van der Waals surface area contributed by atoms with Crippen molar-refractivity contribution in [3.8, 4) is 0 Å². The van der Waals surface area contributed by atoms with Crippen molar-refractivity contribution >= 4 is 34.8 Å². The maximum Gasteiger partial charge on any atom is 0.141 e. The molecule has 0 aliphatic heterocycles. The number of rotatable bonds is 5. The van der Waals surface area contributed by atoms with Crippen molar-refractivity contribution in [2.75, 3.05) is 11.8 Å². The number of hydrogen-bond acceptors (Lipinski definition) is 0. The van der Waals surface area contributed by atoms with E-state index < -0.39 is 11.2 Å². The molecule has 0 fully saturated rings. The molecule has 0 nitrogen and oxygen atoms in total. The van der Waals surface area contributed by atoms with Crippen LogP contribution in [0.2, 0.25) is 5.02 Å². The summed E-state index contributed by atoms with van der Waals surface area (Å²) in [7, 11) is 0.